The summed E-state index contributed by atoms with van der Waals surface area (Å²) in [6, 6.07) is 41.5. The zero-order chi connectivity index (χ0) is 28.3. The number of hydrogen-bond acceptors (Lipinski definition) is 5. The molecule has 9 rings (SSSR count). The minimum Gasteiger partial charge on any atom is -0.456 e. The number of fused-ring (bicyclic) bond motifs is 7. The predicted molar refractivity (Wildman–Crippen MR) is 174 cm³/mol. The third-order valence-corrected chi connectivity index (χ3v) is 8.18. The Balaban J connectivity index is 1.36. The molecule has 0 bridgehead atoms. The maximum Gasteiger partial charge on any atom is 0.162 e. The topological polar surface area (TPSA) is 55.3 Å². The molecule has 0 aliphatic heterocycles. The van der Waals surface area contributed by atoms with Crippen LogP contribution in [0.2, 0.25) is 0 Å². The maximum absolute atomic E-state index is 6.51. The van der Waals surface area contributed by atoms with Crippen molar-refractivity contribution < 1.29 is 8.83 Å². The lowest BCUT2D eigenvalue weighted by molar-refractivity contribution is 0.666. The Bertz CT molecular complexity index is 2480. The van der Waals surface area contributed by atoms with E-state index < -0.39 is 0 Å². The number of aromatic nitrogens is 2. The van der Waals surface area contributed by atoms with Crippen LogP contribution < -0.4 is 4.90 Å². The summed E-state index contributed by atoms with van der Waals surface area (Å²) < 4.78 is 12.8. The normalized spacial score (nSPS) is 11.7. The molecule has 0 radical (unpaired) electrons. The summed E-state index contributed by atoms with van der Waals surface area (Å²) in [6.07, 6.45) is 5.62. The van der Waals surface area contributed by atoms with Gasteiger partial charge in [0.15, 0.2) is 5.58 Å². The van der Waals surface area contributed by atoms with Gasteiger partial charge in [-0.3, -0.25) is 9.88 Å². The molecule has 0 saturated heterocycles. The molecule has 0 saturated carbocycles. The Morgan fingerprint density at radius 3 is 2.05 bits per heavy atom. The quantitative estimate of drug-likeness (QED) is 0.217. The van der Waals surface area contributed by atoms with Crippen molar-refractivity contribution in [2.24, 2.45) is 0 Å². The molecule has 0 N–H and O–H groups in total. The first kappa shape index (κ1) is 23.7. The van der Waals surface area contributed by atoms with E-state index in [2.05, 4.69) is 77.7 Å². The molecular formula is C38H23N3O2. The third-order valence-electron chi connectivity index (χ3n) is 8.18. The van der Waals surface area contributed by atoms with E-state index in [9.17, 15) is 0 Å². The van der Waals surface area contributed by atoms with E-state index in [0.29, 0.717) is 5.82 Å². The van der Waals surface area contributed by atoms with E-state index in [-0.39, 0.29) is 0 Å². The van der Waals surface area contributed by atoms with Gasteiger partial charge in [0.2, 0.25) is 0 Å². The molecule has 0 atom stereocenters. The number of para-hydroxylation sites is 2. The number of hydrogen-bond donors (Lipinski definition) is 0. The van der Waals surface area contributed by atoms with E-state index in [4.69, 9.17) is 18.8 Å². The van der Waals surface area contributed by atoms with Crippen LogP contribution >= 0.6 is 0 Å². The monoisotopic (exact) mass is 553 g/mol. The van der Waals surface area contributed by atoms with Crippen molar-refractivity contribution in [3.63, 3.8) is 0 Å². The van der Waals surface area contributed by atoms with Crippen LogP contribution in [0.15, 0.2) is 149 Å². The fourth-order valence-corrected chi connectivity index (χ4v) is 6.19. The SMILES string of the molecule is c1ccc(-c2cc(N(c3cc4oc5ccccc5c4cn3)c3cncc4c3oc3ccccc34)cc3ccccc23)cc1. The van der Waals surface area contributed by atoms with Crippen LogP contribution in [0.3, 0.4) is 0 Å². The lowest BCUT2D eigenvalue weighted by Gasteiger charge is -2.25. The molecule has 9 aromatic rings. The molecule has 4 heterocycles. The smallest absolute Gasteiger partial charge is 0.162 e. The molecule has 0 spiro atoms. The second-order valence-corrected chi connectivity index (χ2v) is 10.7. The zero-order valence-electron chi connectivity index (χ0n) is 22.9. The van der Waals surface area contributed by atoms with Gasteiger partial charge in [0.1, 0.15) is 28.3 Å². The van der Waals surface area contributed by atoms with Gasteiger partial charge in [-0.05, 0) is 46.2 Å². The predicted octanol–water partition coefficient (Wildman–Crippen LogP) is 10.6. The van der Waals surface area contributed by atoms with Crippen molar-refractivity contribution in [1.82, 2.24) is 9.97 Å². The first-order chi connectivity index (χ1) is 21.3. The summed E-state index contributed by atoms with van der Waals surface area (Å²) in [6.45, 7) is 0. The highest BCUT2D eigenvalue weighted by atomic mass is 16.3. The Morgan fingerprint density at radius 1 is 0.512 bits per heavy atom. The molecule has 202 valence electrons. The molecule has 0 fully saturated rings. The molecule has 5 aromatic carbocycles. The average Bonchev–Trinajstić information content (AvgIpc) is 3.63. The Kier molecular flexibility index (Phi) is 5.13. The highest BCUT2D eigenvalue weighted by Gasteiger charge is 2.23. The minimum atomic E-state index is 0.704. The highest BCUT2D eigenvalue weighted by molar-refractivity contribution is 6.11. The van der Waals surface area contributed by atoms with E-state index in [1.54, 1.807) is 0 Å². The molecule has 0 aliphatic rings. The van der Waals surface area contributed by atoms with E-state index in [0.717, 1.165) is 71.8 Å². The van der Waals surface area contributed by atoms with Gasteiger partial charge >= 0.3 is 0 Å². The number of pyridine rings is 2. The van der Waals surface area contributed by atoms with Crippen molar-refractivity contribution in [2.45, 2.75) is 0 Å². The second-order valence-electron chi connectivity index (χ2n) is 10.7. The van der Waals surface area contributed by atoms with Crippen LogP contribution in [-0.4, -0.2) is 9.97 Å². The summed E-state index contributed by atoms with van der Waals surface area (Å²) in [7, 11) is 0. The van der Waals surface area contributed by atoms with Gasteiger partial charge in [0.05, 0.1) is 6.20 Å². The minimum absolute atomic E-state index is 0.704. The van der Waals surface area contributed by atoms with Gasteiger partial charge in [0, 0.05) is 45.7 Å². The molecular weight excluding hydrogens is 530 g/mol. The molecule has 5 heteroatoms. The molecule has 0 aliphatic carbocycles. The Labute approximate surface area is 246 Å². The summed E-state index contributed by atoms with van der Waals surface area (Å²) >= 11 is 0. The third kappa shape index (κ3) is 3.72. The number of nitrogens with zero attached hydrogens (tertiary/aromatic N) is 3. The molecule has 43 heavy (non-hydrogen) atoms. The van der Waals surface area contributed by atoms with Gasteiger partial charge in [-0.15, -0.1) is 0 Å². The summed E-state index contributed by atoms with van der Waals surface area (Å²) in [5.41, 5.74) is 7.18. The lowest BCUT2D eigenvalue weighted by atomic mass is 9.97. The highest BCUT2D eigenvalue weighted by Crippen LogP contribution is 2.44. The van der Waals surface area contributed by atoms with Crippen LogP contribution in [0.25, 0.3) is 65.8 Å². The average molecular weight is 554 g/mol. The fraction of sp³-hybridized carbons (Fsp3) is 0. The van der Waals surface area contributed by atoms with Gasteiger partial charge in [-0.1, -0.05) is 91.0 Å². The number of rotatable bonds is 4. The van der Waals surface area contributed by atoms with Crippen molar-refractivity contribution in [2.75, 3.05) is 4.90 Å². The largest absolute Gasteiger partial charge is 0.456 e. The van der Waals surface area contributed by atoms with Gasteiger partial charge in [-0.25, -0.2) is 4.98 Å². The molecule has 5 nitrogen and oxygen atoms in total. The second kappa shape index (κ2) is 9.29. The maximum atomic E-state index is 6.51. The molecule has 0 amide bonds. The Morgan fingerprint density at radius 2 is 1.21 bits per heavy atom. The van der Waals surface area contributed by atoms with Gasteiger partial charge < -0.3 is 8.83 Å². The van der Waals surface area contributed by atoms with Crippen LogP contribution in [-0.2, 0) is 0 Å². The summed E-state index contributed by atoms with van der Waals surface area (Å²) in [5, 5.41) is 6.30. The van der Waals surface area contributed by atoms with Crippen molar-refractivity contribution in [1.29, 1.82) is 0 Å². The lowest BCUT2D eigenvalue weighted by Crippen LogP contribution is -2.12. The zero-order valence-corrected chi connectivity index (χ0v) is 22.9. The summed E-state index contributed by atoms with van der Waals surface area (Å²) in [5.74, 6) is 0.704. The number of furan rings is 2. The fourth-order valence-electron chi connectivity index (χ4n) is 6.19. The van der Waals surface area contributed by atoms with Crippen LogP contribution in [0.5, 0.6) is 0 Å². The number of anilines is 3. The first-order valence-electron chi connectivity index (χ1n) is 14.2. The number of benzene rings is 5. The van der Waals surface area contributed by atoms with Crippen LogP contribution in [0.1, 0.15) is 0 Å². The van der Waals surface area contributed by atoms with Crippen LogP contribution in [0, 0.1) is 0 Å². The van der Waals surface area contributed by atoms with E-state index in [1.807, 2.05) is 67.1 Å². The standard InChI is InChI=1S/C38H23N3O2/c1-2-10-24(11-3-1)30-19-26(18-25-12-4-5-13-27(25)30)41(33-23-39-21-32-29-15-7-9-17-35(29)43-38(32)33)37-20-36-31(22-40-37)28-14-6-8-16-34(28)42-36/h1-23H. The van der Waals surface area contributed by atoms with Crippen LogP contribution in [0.4, 0.5) is 17.2 Å². The van der Waals surface area contributed by atoms with E-state index >= 15 is 0 Å². The summed E-state index contributed by atoms with van der Waals surface area (Å²) in [4.78, 5) is 11.8. The molecule has 0 unspecified atom stereocenters. The van der Waals surface area contributed by atoms with Crippen molar-refractivity contribution in [3.8, 4) is 11.1 Å². The van der Waals surface area contributed by atoms with Crippen molar-refractivity contribution in [3.05, 3.63) is 140 Å². The van der Waals surface area contributed by atoms with Gasteiger partial charge in [-0.2, -0.15) is 0 Å². The van der Waals surface area contributed by atoms with E-state index in [1.165, 1.54) is 5.39 Å². The van der Waals surface area contributed by atoms with Crippen molar-refractivity contribution >= 4 is 71.8 Å². The van der Waals surface area contributed by atoms with Gasteiger partial charge in [0.25, 0.3) is 0 Å². The Hall–Kier alpha value is -5.94. The molecule has 4 aromatic heterocycles. The first-order valence-corrected chi connectivity index (χ1v) is 14.2.